The standard InChI is InChI=1S/C19H20N4O/c20-17-7-4-14(5-8-17)15-6-9-18(21-11-15)16-12-22-23(13-16)19-3-1-2-10-24-19/h4-9,11-13,19H,1-3,10,20H2. The Morgan fingerprint density at radius 1 is 0.958 bits per heavy atom. The number of anilines is 1. The molecular formula is C19H20N4O. The minimum absolute atomic E-state index is 0.0570. The number of benzene rings is 1. The van der Waals surface area contributed by atoms with Gasteiger partial charge in [0.05, 0.1) is 11.9 Å². The van der Waals surface area contributed by atoms with Crippen LogP contribution in [0.2, 0.25) is 0 Å². The predicted molar refractivity (Wildman–Crippen MR) is 94.1 cm³/mol. The Kier molecular flexibility index (Phi) is 4.01. The van der Waals surface area contributed by atoms with Crippen LogP contribution in [-0.2, 0) is 4.74 Å². The van der Waals surface area contributed by atoms with E-state index < -0.39 is 0 Å². The SMILES string of the molecule is Nc1ccc(-c2ccc(-c3cnn(C4CCCCO4)c3)nc2)cc1. The number of rotatable bonds is 3. The lowest BCUT2D eigenvalue weighted by Crippen LogP contribution is -2.18. The third-order valence-electron chi connectivity index (χ3n) is 4.36. The third-order valence-corrected chi connectivity index (χ3v) is 4.36. The molecule has 5 heteroatoms. The zero-order valence-electron chi connectivity index (χ0n) is 13.4. The van der Waals surface area contributed by atoms with Crippen LogP contribution in [0.25, 0.3) is 22.4 Å². The molecule has 0 radical (unpaired) electrons. The van der Waals surface area contributed by atoms with Crippen molar-refractivity contribution in [2.24, 2.45) is 0 Å². The van der Waals surface area contributed by atoms with E-state index in [1.165, 1.54) is 6.42 Å². The first-order valence-corrected chi connectivity index (χ1v) is 8.28. The molecule has 24 heavy (non-hydrogen) atoms. The van der Waals surface area contributed by atoms with Gasteiger partial charge in [-0.15, -0.1) is 0 Å². The van der Waals surface area contributed by atoms with E-state index in [0.717, 1.165) is 47.5 Å². The highest BCUT2D eigenvalue weighted by Crippen LogP contribution is 2.26. The van der Waals surface area contributed by atoms with Gasteiger partial charge in [0.25, 0.3) is 0 Å². The van der Waals surface area contributed by atoms with Crippen LogP contribution in [0.5, 0.6) is 0 Å². The Morgan fingerprint density at radius 2 is 1.79 bits per heavy atom. The van der Waals surface area contributed by atoms with Crippen LogP contribution >= 0.6 is 0 Å². The van der Waals surface area contributed by atoms with Crippen molar-refractivity contribution in [1.82, 2.24) is 14.8 Å². The zero-order chi connectivity index (χ0) is 16.4. The van der Waals surface area contributed by atoms with Gasteiger partial charge in [0.2, 0.25) is 0 Å². The van der Waals surface area contributed by atoms with Crippen molar-refractivity contribution in [3.63, 3.8) is 0 Å². The average Bonchev–Trinajstić information content (AvgIpc) is 3.13. The van der Waals surface area contributed by atoms with Gasteiger partial charge in [0.15, 0.2) is 0 Å². The van der Waals surface area contributed by atoms with E-state index in [4.69, 9.17) is 10.5 Å². The Labute approximate surface area is 141 Å². The number of nitrogen functional groups attached to an aromatic ring is 1. The maximum absolute atomic E-state index is 5.77. The fraction of sp³-hybridized carbons (Fsp3) is 0.263. The Morgan fingerprint density at radius 3 is 2.50 bits per heavy atom. The molecule has 1 fully saturated rings. The Hall–Kier alpha value is -2.66. The van der Waals surface area contributed by atoms with E-state index >= 15 is 0 Å². The van der Waals surface area contributed by atoms with Crippen LogP contribution in [0.3, 0.4) is 0 Å². The van der Waals surface area contributed by atoms with Gasteiger partial charge in [0.1, 0.15) is 6.23 Å². The highest BCUT2D eigenvalue weighted by atomic mass is 16.5. The highest BCUT2D eigenvalue weighted by molar-refractivity contribution is 5.67. The summed E-state index contributed by atoms with van der Waals surface area (Å²) < 4.78 is 7.68. The molecule has 1 aromatic carbocycles. The summed E-state index contributed by atoms with van der Waals surface area (Å²) in [5, 5.41) is 4.44. The summed E-state index contributed by atoms with van der Waals surface area (Å²) in [6.45, 7) is 0.814. The quantitative estimate of drug-likeness (QED) is 0.743. The van der Waals surface area contributed by atoms with Gasteiger partial charge in [-0.1, -0.05) is 18.2 Å². The summed E-state index contributed by atoms with van der Waals surface area (Å²) in [5.74, 6) is 0. The fourth-order valence-corrected chi connectivity index (χ4v) is 2.97. The van der Waals surface area contributed by atoms with Crippen molar-refractivity contribution in [3.05, 3.63) is 55.0 Å². The second-order valence-corrected chi connectivity index (χ2v) is 6.08. The van der Waals surface area contributed by atoms with Crippen LogP contribution in [-0.4, -0.2) is 21.4 Å². The molecule has 1 atom stereocenters. The number of nitrogens with two attached hydrogens (primary N) is 1. The Balaban J connectivity index is 1.54. The van der Waals surface area contributed by atoms with E-state index in [1.807, 2.05) is 53.6 Å². The largest absolute Gasteiger partial charge is 0.399 e. The lowest BCUT2D eigenvalue weighted by atomic mass is 10.1. The maximum atomic E-state index is 5.77. The topological polar surface area (TPSA) is 66.0 Å². The third kappa shape index (κ3) is 3.03. The molecule has 1 unspecified atom stereocenters. The molecule has 4 rings (SSSR count). The van der Waals surface area contributed by atoms with Crippen molar-refractivity contribution >= 4 is 5.69 Å². The van der Waals surface area contributed by atoms with E-state index in [1.54, 1.807) is 0 Å². The number of hydrogen-bond acceptors (Lipinski definition) is 4. The molecule has 2 N–H and O–H groups in total. The monoisotopic (exact) mass is 320 g/mol. The first-order valence-electron chi connectivity index (χ1n) is 8.28. The summed E-state index contributed by atoms with van der Waals surface area (Å²) in [4.78, 5) is 4.58. The molecule has 1 saturated heterocycles. The van der Waals surface area contributed by atoms with E-state index in [2.05, 4.69) is 16.1 Å². The van der Waals surface area contributed by atoms with Crippen molar-refractivity contribution in [2.45, 2.75) is 25.5 Å². The maximum Gasteiger partial charge on any atom is 0.150 e. The van der Waals surface area contributed by atoms with Crippen LogP contribution in [0.4, 0.5) is 5.69 Å². The minimum Gasteiger partial charge on any atom is -0.399 e. The molecule has 0 aliphatic carbocycles. The predicted octanol–water partition coefficient (Wildman–Crippen LogP) is 3.89. The van der Waals surface area contributed by atoms with Crippen LogP contribution in [0.1, 0.15) is 25.5 Å². The van der Waals surface area contributed by atoms with Crippen molar-refractivity contribution in [2.75, 3.05) is 12.3 Å². The molecule has 0 saturated carbocycles. The van der Waals surface area contributed by atoms with Gasteiger partial charge < -0.3 is 10.5 Å². The summed E-state index contributed by atoms with van der Waals surface area (Å²) in [5.41, 5.74) is 10.6. The first-order chi connectivity index (χ1) is 11.8. The zero-order valence-corrected chi connectivity index (χ0v) is 13.4. The molecule has 5 nitrogen and oxygen atoms in total. The smallest absolute Gasteiger partial charge is 0.150 e. The number of hydrogen-bond donors (Lipinski definition) is 1. The molecule has 3 aromatic rings. The molecule has 1 aliphatic rings. The van der Waals surface area contributed by atoms with Gasteiger partial charge >= 0.3 is 0 Å². The minimum atomic E-state index is 0.0570. The molecule has 0 bridgehead atoms. The van der Waals surface area contributed by atoms with Gasteiger partial charge in [-0.3, -0.25) is 4.98 Å². The number of ether oxygens (including phenoxy) is 1. The van der Waals surface area contributed by atoms with E-state index in [0.29, 0.717) is 0 Å². The second-order valence-electron chi connectivity index (χ2n) is 6.08. The molecule has 1 aliphatic heterocycles. The molecular weight excluding hydrogens is 300 g/mol. The number of nitrogens with zero attached hydrogens (tertiary/aromatic N) is 3. The van der Waals surface area contributed by atoms with Crippen LogP contribution in [0, 0.1) is 0 Å². The lowest BCUT2D eigenvalue weighted by molar-refractivity contribution is -0.0394. The van der Waals surface area contributed by atoms with Crippen molar-refractivity contribution in [1.29, 1.82) is 0 Å². The second kappa shape index (κ2) is 6.45. The number of aromatic nitrogens is 3. The van der Waals surface area contributed by atoms with E-state index in [9.17, 15) is 0 Å². The van der Waals surface area contributed by atoms with Crippen LogP contribution < -0.4 is 5.73 Å². The van der Waals surface area contributed by atoms with Gasteiger partial charge in [-0.05, 0) is 43.0 Å². The van der Waals surface area contributed by atoms with E-state index in [-0.39, 0.29) is 6.23 Å². The molecule has 122 valence electrons. The first kappa shape index (κ1) is 14.9. The van der Waals surface area contributed by atoms with Crippen LogP contribution in [0.15, 0.2) is 55.0 Å². The normalized spacial score (nSPS) is 17.8. The summed E-state index contributed by atoms with van der Waals surface area (Å²) in [6, 6.07) is 11.9. The molecule has 3 heterocycles. The van der Waals surface area contributed by atoms with Crippen molar-refractivity contribution < 1.29 is 4.74 Å². The number of pyridine rings is 1. The molecule has 0 spiro atoms. The van der Waals surface area contributed by atoms with Gasteiger partial charge in [0, 0.05) is 35.8 Å². The fourth-order valence-electron chi connectivity index (χ4n) is 2.97. The lowest BCUT2D eigenvalue weighted by Gasteiger charge is -2.22. The Bertz CT molecular complexity index is 802. The summed E-state index contributed by atoms with van der Waals surface area (Å²) in [7, 11) is 0. The molecule has 0 amide bonds. The summed E-state index contributed by atoms with van der Waals surface area (Å²) >= 11 is 0. The van der Waals surface area contributed by atoms with Gasteiger partial charge in [-0.25, -0.2) is 4.68 Å². The van der Waals surface area contributed by atoms with Gasteiger partial charge in [-0.2, -0.15) is 5.10 Å². The highest BCUT2D eigenvalue weighted by Gasteiger charge is 2.17. The average molecular weight is 320 g/mol. The summed E-state index contributed by atoms with van der Waals surface area (Å²) in [6.07, 6.45) is 9.15. The van der Waals surface area contributed by atoms with Crippen molar-refractivity contribution in [3.8, 4) is 22.4 Å². The molecule has 2 aromatic heterocycles.